The largest absolute Gasteiger partial charge is 0.494 e. The topological polar surface area (TPSA) is 61.8 Å². The molecule has 0 aliphatic carbocycles. The van der Waals surface area contributed by atoms with Crippen LogP contribution in [0.2, 0.25) is 0 Å². The zero-order chi connectivity index (χ0) is 18.9. The molecule has 138 valence electrons. The Labute approximate surface area is 153 Å². The minimum absolute atomic E-state index is 0.0390. The van der Waals surface area contributed by atoms with Crippen molar-refractivity contribution in [2.75, 3.05) is 13.2 Å². The van der Waals surface area contributed by atoms with Crippen LogP contribution in [-0.2, 0) is 4.79 Å². The molecular formula is C21H24O5. The van der Waals surface area contributed by atoms with Crippen LogP contribution < -0.4 is 14.2 Å². The lowest BCUT2D eigenvalue weighted by molar-refractivity contribution is -0.136. The first kappa shape index (κ1) is 19.5. The smallest absolute Gasteiger partial charge is 0.349 e. The van der Waals surface area contributed by atoms with Gasteiger partial charge in [-0.2, -0.15) is 0 Å². The van der Waals surface area contributed by atoms with Gasteiger partial charge < -0.3 is 14.2 Å². The fourth-order valence-corrected chi connectivity index (χ4v) is 2.11. The highest BCUT2D eigenvalue weighted by Crippen LogP contribution is 2.18. The predicted molar refractivity (Wildman–Crippen MR) is 99.0 cm³/mol. The van der Waals surface area contributed by atoms with Crippen LogP contribution in [0.5, 0.6) is 17.2 Å². The van der Waals surface area contributed by atoms with E-state index in [1.54, 1.807) is 36.4 Å². The van der Waals surface area contributed by atoms with E-state index in [2.05, 4.69) is 13.8 Å². The second-order valence-electron chi connectivity index (χ2n) is 6.35. The second kappa shape index (κ2) is 9.61. The number of ketones is 1. The lowest BCUT2D eigenvalue weighted by Gasteiger charge is -2.10. The van der Waals surface area contributed by atoms with Crippen molar-refractivity contribution in [3.8, 4) is 17.2 Å². The van der Waals surface area contributed by atoms with E-state index in [4.69, 9.17) is 14.2 Å². The summed E-state index contributed by atoms with van der Waals surface area (Å²) in [5.41, 5.74) is 0.566. The molecule has 0 unspecified atom stereocenters. The van der Waals surface area contributed by atoms with Gasteiger partial charge in [0.25, 0.3) is 0 Å². The van der Waals surface area contributed by atoms with Crippen LogP contribution in [0.15, 0.2) is 48.5 Å². The van der Waals surface area contributed by atoms with Gasteiger partial charge in [0.15, 0.2) is 12.4 Å². The quantitative estimate of drug-likeness (QED) is 0.381. The minimum atomic E-state index is -0.516. The Morgan fingerprint density at radius 3 is 1.92 bits per heavy atom. The summed E-state index contributed by atoms with van der Waals surface area (Å²) in [6.45, 7) is 6.25. The normalized spacial score (nSPS) is 10.5. The Hall–Kier alpha value is -2.82. The standard InChI is InChI=1S/C21H24O5/c1-15(2)12-13-24-18-8-10-19(11-9-18)25-14-21(23)26-20-6-4-17(5-7-20)16(3)22/h4-11,15H,12-14H2,1-3H3. The van der Waals surface area contributed by atoms with E-state index in [1.165, 1.54) is 6.92 Å². The zero-order valence-corrected chi connectivity index (χ0v) is 15.4. The molecule has 0 spiro atoms. The van der Waals surface area contributed by atoms with Gasteiger partial charge in [-0.1, -0.05) is 13.8 Å². The maximum absolute atomic E-state index is 11.8. The van der Waals surface area contributed by atoms with E-state index in [1.807, 2.05) is 12.1 Å². The molecule has 2 aromatic carbocycles. The van der Waals surface area contributed by atoms with Crippen molar-refractivity contribution in [3.63, 3.8) is 0 Å². The van der Waals surface area contributed by atoms with Gasteiger partial charge >= 0.3 is 5.97 Å². The highest BCUT2D eigenvalue weighted by Gasteiger charge is 2.07. The first-order valence-electron chi connectivity index (χ1n) is 8.61. The molecule has 5 heteroatoms. The van der Waals surface area contributed by atoms with Crippen molar-refractivity contribution in [2.45, 2.75) is 27.2 Å². The number of Topliss-reactive ketones (excluding diaryl/α,β-unsaturated/α-hetero) is 1. The molecule has 5 nitrogen and oxygen atoms in total. The molecule has 0 fully saturated rings. The SMILES string of the molecule is CC(=O)c1ccc(OC(=O)COc2ccc(OCCC(C)C)cc2)cc1. The van der Waals surface area contributed by atoms with Crippen molar-refractivity contribution in [1.29, 1.82) is 0 Å². The van der Waals surface area contributed by atoms with Gasteiger partial charge in [-0.05, 0) is 67.8 Å². The maximum atomic E-state index is 11.8. The highest BCUT2D eigenvalue weighted by molar-refractivity contribution is 5.94. The fraction of sp³-hybridized carbons (Fsp3) is 0.333. The zero-order valence-electron chi connectivity index (χ0n) is 15.4. The molecule has 0 aliphatic heterocycles. The molecule has 2 rings (SSSR count). The number of hydrogen-bond acceptors (Lipinski definition) is 5. The number of carbonyl (C=O) groups excluding carboxylic acids is 2. The summed E-state index contributed by atoms with van der Waals surface area (Å²) in [7, 11) is 0. The molecule has 0 aliphatic rings. The molecule has 0 heterocycles. The van der Waals surface area contributed by atoms with Gasteiger partial charge in [0.05, 0.1) is 6.61 Å². The van der Waals surface area contributed by atoms with Crippen LogP contribution in [0.1, 0.15) is 37.6 Å². The Morgan fingerprint density at radius 1 is 0.846 bits per heavy atom. The summed E-state index contributed by atoms with van der Waals surface area (Å²) in [5.74, 6) is 1.75. The Morgan fingerprint density at radius 2 is 1.38 bits per heavy atom. The van der Waals surface area contributed by atoms with Crippen molar-refractivity contribution in [1.82, 2.24) is 0 Å². The van der Waals surface area contributed by atoms with Crippen molar-refractivity contribution >= 4 is 11.8 Å². The van der Waals surface area contributed by atoms with Crippen LogP contribution in [0.25, 0.3) is 0 Å². The average molecular weight is 356 g/mol. The van der Waals surface area contributed by atoms with Gasteiger partial charge in [-0.15, -0.1) is 0 Å². The van der Waals surface area contributed by atoms with Gasteiger partial charge in [-0.3, -0.25) is 4.79 Å². The monoisotopic (exact) mass is 356 g/mol. The van der Waals surface area contributed by atoms with Gasteiger partial charge in [0, 0.05) is 5.56 Å². The second-order valence-corrected chi connectivity index (χ2v) is 6.35. The molecular weight excluding hydrogens is 332 g/mol. The van der Waals surface area contributed by atoms with E-state index < -0.39 is 5.97 Å². The molecule has 0 amide bonds. The number of ether oxygens (including phenoxy) is 3. The van der Waals surface area contributed by atoms with E-state index in [9.17, 15) is 9.59 Å². The first-order chi connectivity index (χ1) is 12.4. The van der Waals surface area contributed by atoms with Crippen molar-refractivity contribution in [3.05, 3.63) is 54.1 Å². The van der Waals surface area contributed by atoms with Crippen LogP contribution in [0, 0.1) is 5.92 Å². The molecule has 0 aromatic heterocycles. The summed E-state index contributed by atoms with van der Waals surface area (Å²) in [5, 5.41) is 0. The van der Waals surface area contributed by atoms with Crippen LogP contribution in [0.4, 0.5) is 0 Å². The fourth-order valence-electron chi connectivity index (χ4n) is 2.11. The number of hydrogen-bond donors (Lipinski definition) is 0. The highest BCUT2D eigenvalue weighted by atomic mass is 16.6. The summed E-state index contributed by atoms with van der Waals surface area (Å²) < 4.78 is 16.2. The van der Waals surface area contributed by atoms with Gasteiger partial charge in [0.1, 0.15) is 17.2 Å². The minimum Gasteiger partial charge on any atom is -0.494 e. The Balaban J connectivity index is 1.77. The third kappa shape index (κ3) is 6.59. The molecule has 0 radical (unpaired) electrons. The first-order valence-corrected chi connectivity index (χ1v) is 8.61. The maximum Gasteiger partial charge on any atom is 0.349 e. The molecule has 0 bridgehead atoms. The van der Waals surface area contributed by atoms with Gasteiger partial charge in [0.2, 0.25) is 0 Å². The lowest BCUT2D eigenvalue weighted by atomic mass is 10.1. The molecule has 0 saturated heterocycles. The summed E-state index contributed by atoms with van der Waals surface area (Å²) in [4.78, 5) is 23.1. The van der Waals surface area contributed by atoms with Gasteiger partial charge in [-0.25, -0.2) is 4.79 Å². The Bertz CT molecular complexity index is 717. The third-order valence-corrected chi connectivity index (χ3v) is 3.64. The molecule has 0 saturated carbocycles. The van der Waals surface area contributed by atoms with Crippen LogP contribution in [-0.4, -0.2) is 25.0 Å². The van der Waals surface area contributed by atoms with E-state index >= 15 is 0 Å². The van der Waals surface area contributed by atoms with Crippen molar-refractivity contribution < 1.29 is 23.8 Å². The summed E-state index contributed by atoms with van der Waals surface area (Å²) in [6.07, 6.45) is 0.998. The molecule has 0 atom stereocenters. The molecule has 0 N–H and O–H groups in total. The summed E-state index contributed by atoms with van der Waals surface area (Å²) >= 11 is 0. The van der Waals surface area contributed by atoms with Crippen LogP contribution in [0.3, 0.4) is 0 Å². The average Bonchev–Trinajstić information content (AvgIpc) is 2.61. The number of benzene rings is 2. The van der Waals surface area contributed by atoms with E-state index in [0.717, 1.165) is 12.2 Å². The molecule has 2 aromatic rings. The lowest BCUT2D eigenvalue weighted by Crippen LogP contribution is -2.17. The van der Waals surface area contributed by atoms with Crippen molar-refractivity contribution in [2.24, 2.45) is 5.92 Å². The number of rotatable bonds is 9. The van der Waals surface area contributed by atoms with E-state index in [0.29, 0.717) is 29.6 Å². The predicted octanol–water partition coefficient (Wildman–Crippen LogP) is 4.30. The number of esters is 1. The summed E-state index contributed by atoms with van der Waals surface area (Å²) in [6, 6.07) is 13.5. The third-order valence-electron chi connectivity index (χ3n) is 3.64. The van der Waals surface area contributed by atoms with E-state index in [-0.39, 0.29) is 12.4 Å². The molecule has 26 heavy (non-hydrogen) atoms. The number of carbonyl (C=O) groups is 2. The Kier molecular flexibility index (Phi) is 7.21. The van der Waals surface area contributed by atoms with Crippen LogP contribution >= 0.6 is 0 Å².